The Hall–Kier alpha value is -0.810. The number of nitrogens with zero attached hydrogens (tertiary/aromatic N) is 2. The Bertz CT molecular complexity index is 352. The third kappa shape index (κ3) is 5.76. The fourth-order valence-electron chi connectivity index (χ4n) is 3.52. The van der Waals surface area contributed by atoms with E-state index in [9.17, 15) is 9.90 Å². The summed E-state index contributed by atoms with van der Waals surface area (Å²) in [5.74, 6) is 0. The Kier molecular flexibility index (Phi) is 6.50. The number of urea groups is 1. The zero-order chi connectivity index (χ0) is 16.0. The highest BCUT2D eigenvalue weighted by molar-refractivity contribution is 5.74. The number of rotatable bonds is 3. The first-order chi connectivity index (χ1) is 10.5. The van der Waals surface area contributed by atoms with E-state index < -0.39 is 5.60 Å². The highest BCUT2D eigenvalue weighted by Crippen LogP contribution is 2.21. The first-order valence-corrected chi connectivity index (χ1v) is 8.96. The zero-order valence-electron chi connectivity index (χ0n) is 14.3. The van der Waals surface area contributed by atoms with Gasteiger partial charge in [-0.05, 0) is 59.0 Å². The van der Waals surface area contributed by atoms with E-state index in [1.807, 2.05) is 11.8 Å². The molecule has 2 atom stereocenters. The fourth-order valence-corrected chi connectivity index (χ4v) is 3.52. The topological polar surface area (TPSA) is 55.8 Å². The molecule has 2 N–H and O–H groups in total. The van der Waals surface area contributed by atoms with Gasteiger partial charge in [0.05, 0.1) is 5.60 Å². The van der Waals surface area contributed by atoms with Crippen molar-refractivity contribution in [1.82, 2.24) is 15.1 Å². The van der Waals surface area contributed by atoms with E-state index in [4.69, 9.17) is 0 Å². The molecule has 128 valence electrons. The van der Waals surface area contributed by atoms with Gasteiger partial charge in [-0.15, -0.1) is 0 Å². The van der Waals surface area contributed by atoms with Gasteiger partial charge in [0, 0.05) is 25.7 Å². The third-order valence-electron chi connectivity index (χ3n) is 4.95. The van der Waals surface area contributed by atoms with Crippen molar-refractivity contribution >= 4 is 6.03 Å². The summed E-state index contributed by atoms with van der Waals surface area (Å²) in [6.45, 7) is 8.62. The maximum absolute atomic E-state index is 12.4. The number of hydrogen-bond acceptors (Lipinski definition) is 3. The number of carbonyl (C=O) groups is 1. The number of hydrogen-bond donors (Lipinski definition) is 2. The number of carbonyl (C=O) groups excluding carboxylic acids is 1. The Balaban J connectivity index is 1.75. The van der Waals surface area contributed by atoms with Crippen LogP contribution in [0.1, 0.15) is 58.8 Å². The quantitative estimate of drug-likeness (QED) is 0.840. The number of nitrogens with one attached hydrogen (secondary N) is 1. The van der Waals surface area contributed by atoms with Crippen LogP contribution in [0, 0.1) is 0 Å². The Morgan fingerprint density at radius 1 is 1.09 bits per heavy atom. The van der Waals surface area contributed by atoms with E-state index in [1.54, 1.807) is 0 Å². The van der Waals surface area contributed by atoms with Crippen molar-refractivity contribution in [2.45, 2.75) is 70.4 Å². The third-order valence-corrected chi connectivity index (χ3v) is 4.95. The molecule has 0 aromatic rings. The second-order valence-corrected chi connectivity index (χ2v) is 7.40. The van der Waals surface area contributed by atoms with Crippen LogP contribution in [0.2, 0.25) is 0 Å². The lowest BCUT2D eigenvalue weighted by atomic mass is 9.98. The van der Waals surface area contributed by atoms with Gasteiger partial charge in [0.15, 0.2) is 0 Å². The molecule has 0 saturated carbocycles. The van der Waals surface area contributed by atoms with Crippen LogP contribution in [-0.4, -0.2) is 65.3 Å². The van der Waals surface area contributed by atoms with Crippen LogP contribution >= 0.6 is 0 Å². The summed E-state index contributed by atoms with van der Waals surface area (Å²) >= 11 is 0. The van der Waals surface area contributed by atoms with Gasteiger partial charge in [-0.3, -0.25) is 0 Å². The molecule has 0 aromatic carbocycles. The Labute approximate surface area is 135 Å². The molecular formula is C17H33N3O2. The summed E-state index contributed by atoms with van der Waals surface area (Å²) in [5.41, 5.74) is -0.618. The van der Waals surface area contributed by atoms with E-state index in [0.29, 0.717) is 13.0 Å². The summed E-state index contributed by atoms with van der Waals surface area (Å²) in [6.07, 6.45) is 7.56. The number of amides is 2. The number of likely N-dealkylation sites (tertiary alicyclic amines) is 2. The van der Waals surface area contributed by atoms with Crippen LogP contribution in [0.4, 0.5) is 4.79 Å². The Morgan fingerprint density at radius 3 is 2.45 bits per heavy atom. The molecule has 0 aromatic heterocycles. The van der Waals surface area contributed by atoms with Gasteiger partial charge in [-0.1, -0.05) is 12.8 Å². The van der Waals surface area contributed by atoms with Crippen LogP contribution in [0.3, 0.4) is 0 Å². The average molecular weight is 311 g/mol. The van der Waals surface area contributed by atoms with Gasteiger partial charge >= 0.3 is 6.03 Å². The molecule has 0 spiro atoms. The van der Waals surface area contributed by atoms with Gasteiger partial charge in [0.25, 0.3) is 0 Å². The van der Waals surface area contributed by atoms with Crippen molar-refractivity contribution < 1.29 is 9.90 Å². The van der Waals surface area contributed by atoms with Gasteiger partial charge in [0.1, 0.15) is 0 Å². The van der Waals surface area contributed by atoms with Crippen LogP contribution in [0.25, 0.3) is 0 Å². The maximum Gasteiger partial charge on any atom is 0.317 e. The lowest BCUT2D eigenvalue weighted by Crippen LogP contribution is -2.48. The first kappa shape index (κ1) is 17.5. The van der Waals surface area contributed by atoms with Crippen molar-refractivity contribution in [2.24, 2.45) is 0 Å². The molecule has 2 fully saturated rings. The molecule has 5 nitrogen and oxygen atoms in total. The summed E-state index contributed by atoms with van der Waals surface area (Å²) in [4.78, 5) is 16.7. The van der Waals surface area contributed by atoms with Gasteiger partial charge in [-0.25, -0.2) is 4.79 Å². The van der Waals surface area contributed by atoms with Crippen molar-refractivity contribution in [2.75, 3.05) is 32.7 Å². The molecule has 5 heteroatoms. The van der Waals surface area contributed by atoms with Crippen LogP contribution in [0.5, 0.6) is 0 Å². The van der Waals surface area contributed by atoms with Crippen LogP contribution < -0.4 is 5.32 Å². The highest BCUT2D eigenvalue weighted by Gasteiger charge is 2.27. The molecule has 0 radical (unpaired) electrons. The van der Waals surface area contributed by atoms with E-state index in [-0.39, 0.29) is 12.1 Å². The second-order valence-electron chi connectivity index (χ2n) is 7.40. The van der Waals surface area contributed by atoms with Crippen molar-refractivity contribution in [3.05, 3.63) is 0 Å². The number of aliphatic hydroxyl groups is 1. The van der Waals surface area contributed by atoms with Crippen LogP contribution in [-0.2, 0) is 0 Å². The summed E-state index contributed by atoms with van der Waals surface area (Å²) in [5, 5.41) is 13.2. The summed E-state index contributed by atoms with van der Waals surface area (Å²) in [6, 6.07) is 0.203. The Morgan fingerprint density at radius 2 is 1.77 bits per heavy atom. The van der Waals surface area contributed by atoms with E-state index >= 15 is 0 Å². The van der Waals surface area contributed by atoms with E-state index in [0.717, 1.165) is 39.0 Å². The minimum Gasteiger partial charge on any atom is -0.390 e. The zero-order valence-corrected chi connectivity index (χ0v) is 14.3. The molecule has 2 aliphatic heterocycles. The molecule has 2 aliphatic rings. The minimum absolute atomic E-state index is 0.0278. The largest absolute Gasteiger partial charge is 0.390 e. The maximum atomic E-state index is 12.4. The fraction of sp³-hybridized carbons (Fsp3) is 0.941. The smallest absolute Gasteiger partial charge is 0.317 e. The van der Waals surface area contributed by atoms with Gasteiger partial charge in [-0.2, -0.15) is 0 Å². The first-order valence-electron chi connectivity index (χ1n) is 8.96. The summed E-state index contributed by atoms with van der Waals surface area (Å²) in [7, 11) is 0. The monoisotopic (exact) mass is 311 g/mol. The average Bonchev–Trinajstić information content (AvgIpc) is 2.79. The van der Waals surface area contributed by atoms with Crippen molar-refractivity contribution in [1.29, 1.82) is 0 Å². The molecule has 2 rings (SSSR count). The molecule has 22 heavy (non-hydrogen) atoms. The lowest BCUT2D eigenvalue weighted by Gasteiger charge is -2.28. The van der Waals surface area contributed by atoms with E-state index in [2.05, 4.69) is 17.1 Å². The highest BCUT2D eigenvalue weighted by atomic mass is 16.3. The lowest BCUT2D eigenvalue weighted by molar-refractivity contribution is 0.0456. The molecule has 0 unspecified atom stereocenters. The predicted octanol–water partition coefficient (Wildman–Crippen LogP) is 2.20. The molecule has 0 bridgehead atoms. The van der Waals surface area contributed by atoms with Gasteiger partial charge < -0.3 is 20.2 Å². The molecular weight excluding hydrogens is 278 g/mol. The molecule has 2 heterocycles. The molecule has 2 saturated heterocycles. The SMILES string of the molecule is C[C@H](CN1CCCCCC1)NC(=O)N1CCC[C@](C)(O)CC1. The summed E-state index contributed by atoms with van der Waals surface area (Å²) < 4.78 is 0. The minimum atomic E-state index is -0.618. The van der Waals surface area contributed by atoms with E-state index in [1.165, 1.54) is 25.7 Å². The van der Waals surface area contributed by atoms with Gasteiger partial charge in [0.2, 0.25) is 0 Å². The second kappa shape index (κ2) is 8.16. The van der Waals surface area contributed by atoms with Crippen LogP contribution in [0.15, 0.2) is 0 Å². The molecule has 0 aliphatic carbocycles. The normalized spacial score (nSPS) is 29.5. The standard InChI is InChI=1S/C17H33N3O2/c1-15(14-19-10-5-3-4-6-11-19)18-16(21)20-12-7-8-17(2,22)9-13-20/h15,22H,3-14H2,1-2H3,(H,18,21)/t15-,17+/m1/s1. The molecule has 2 amide bonds. The van der Waals surface area contributed by atoms with Crippen molar-refractivity contribution in [3.8, 4) is 0 Å². The predicted molar refractivity (Wildman–Crippen MR) is 88.9 cm³/mol. The van der Waals surface area contributed by atoms with Crippen molar-refractivity contribution in [3.63, 3.8) is 0 Å².